The summed E-state index contributed by atoms with van der Waals surface area (Å²) in [6.45, 7) is 0. The van der Waals surface area contributed by atoms with E-state index in [1.165, 1.54) is 12.1 Å². The van der Waals surface area contributed by atoms with Crippen LogP contribution in [0.4, 0.5) is 0 Å². The van der Waals surface area contributed by atoms with Crippen molar-refractivity contribution in [1.29, 1.82) is 0 Å². The van der Waals surface area contributed by atoms with Crippen LogP contribution in [0.1, 0.15) is 15.9 Å². The van der Waals surface area contributed by atoms with Gasteiger partial charge in [-0.1, -0.05) is 15.9 Å². The number of nitrogens with one attached hydrogen (secondary N) is 1. The molecule has 108 valence electrons. The third-order valence-corrected chi connectivity index (χ3v) is 4.11. The van der Waals surface area contributed by atoms with Gasteiger partial charge in [-0.2, -0.15) is 0 Å². The van der Waals surface area contributed by atoms with E-state index in [9.17, 15) is 9.90 Å². The fourth-order valence-corrected chi connectivity index (χ4v) is 2.91. The Balaban J connectivity index is 1.80. The Hall–Kier alpha value is -2.53. The van der Waals surface area contributed by atoms with Crippen molar-refractivity contribution in [3.63, 3.8) is 0 Å². The first-order valence-corrected chi connectivity index (χ1v) is 7.45. The Bertz CT molecular complexity index is 956. The van der Waals surface area contributed by atoms with E-state index in [1.54, 1.807) is 12.1 Å². The first kappa shape index (κ1) is 13.2. The molecule has 22 heavy (non-hydrogen) atoms. The van der Waals surface area contributed by atoms with Crippen molar-refractivity contribution in [2.75, 3.05) is 0 Å². The molecule has 4 nitrogen and oxygen atoms in total. The Labute approximate surface area is 134 Å². The van der Waals surface area contributed by atoms with Crippen molar-refractivity contribution in [3.05, 3.63) is 64.0 Å². The van der Waals surface area contributed by atoms with Gasteiger partial charge in [-0.3, -0.25) is 4.79 Å². The number of H-pyrrole nitrogens is 1. The molecule has 0 radical (unpaired) electrons. The van der Waals surface area contributed by atoms with Crippen LogP contribution in [0, 0.1) is 0 Å². The van der Waals surface area contributed by atoms with Gasteiger partial charge in [0.05, 0.1) is 5.56 Å². The number of halogens is 1. The lowest BCUT2D eigenvalue weighted by atomic mass is 10.1. The zero-order valence-corrected chi connectivity index (χ0v) is 12.8. The number of hydrogen-bond acceptors (Lipinski definition) is 3. The molecule has 0 atom stereocenters. The van der Waals surface area contributed by atoms with Gasteiger partial charge in [-0.25, -0.2) is 0 Å². The number of hydrogen-bond donors (Lipinski definition) is 2. The van der Waals surface area contributed by atoms with E-state index in [4.69, 9.17) is 4.74 Å². The summed E-state index contributed by atoms with van der Waals surface area (Å²) >= 11 is 3.45. The van der Waals surface area contributed by atoms with Crippen LogP contribution in [0.3, 0.4) is 0 Å². The molecule has 5 heteroatoms. The third kappa shape index (κ3) is 2.02. The molecular weight excluding hydrogens is 346 g/mol. The lowest BCUT2D eigenvalue weighted by molar-refractivity contribution is 0.101. The largest absolute Gasteiger partial charge is 0.508 e. The molecule has 2 N–H and O–H groups in total. The molecular formula is C17H10BrNO3. The monoisotopic (exact) mass is 355 g/mol. The van der Waals surface area contributed by atoms with Crippen molar-refractivity contribution < 1.29 is 14.6 Å². The predicted molar refractivity (Wildman–Crippen MR) is 87.0 cm³/mol. The predicted octanol–water partition coefficient (Wildman–Crippen LogP) is 4.25. The third-order valence-electron chi connectivity index (χ3n) is 3.62. The number of carbonyl (C=O) groups excluding carboxylic acids is 1. The smallest absolute Gasteiger partial charge is 0.231 e. The van der Waals surface area contributed by atoms with Gasteiger partial charge in [0.25, 0.3) is 0 Å². The lowest BCUT2D eigenvalue weighted by Gasteiger charge is -1.98. The maximum atomic E-state index is 12.3. The molecule has 2 aromatic carbocycles. The second kappa shape index (κ2) is 4.74. The fraction of sp³-hybridized carbons (Fsp3) is 0. The molecule has 0 bridgehead atoms. The highest BCUT2D eigenvalue weighted by Gasteiger charge is 2.27. The zero-order chi connectivity index (χ0) is 15.3. The molecule has 0 fully saturated rings. The fourth-order valence-electron chi connectivity index (χ4n) is 2.55. The number of phenols is 1. The standard InChI is InChI=1S/C17H10BrNO3/c18-10-1-4-14-13(6-10)9(8-19-14)5-16-17(21)12-3-2-11(20)7-15(12)22-16/h1-8,19-20H/b16-5-. The van der Waals surface area contributed by atoms with Crippen LogP contribution in [0.5, 0.6) is 11.5 Å². The molecule has 0 spiro atoms. The van der Waals surface area contributed by atoms with Gasteiger partial charge in [0, 0.05) is 33.2 Å². The normalized spacial score (nSPS) is 15.3. The molecule has 1 aliphatic rings. The number of aromatic nitrogens is 1. The maximum Gasteiger partial charge on any atom is 0.231 e. The second-order valence-corrected chi connectivity index (χ2v) is 5.97. The summed E-state index contributed by atoms with van der Waals surface area (Å²) in [5, 5.41) is 10.5. The molecule has 0 saturated carbocycles. The molecule has 0 unspecified atom stereocenters. The van der Waals surface area contributed by atoms with Crippen molar-refractivity contribution >= 4 is 38.7 Å². The van der Waals surface area contributed by atoms with Crippen molar-refractivity contribution in [2.45, 2.75) is 0 Å². The number of rotatable bonds is 1. The number of benzene rings is 2. The van der Waals surface area contributed by atoms with Gasteiger partial charge in [0.1, 0.15) is 11.5 Å². The Morgan fingerprint density at radius 2 is 2.05 bits per heavy atom. The van der Waals surface area contributed by atoms with E-state index in [2.05, 4.69) is 20.9 Å². The average Bonchev–Trinajstić information content (AvgIpc) is 3.01. The van der Waals surface area contributed by atoms with E-state index >= 15 is 0 Å². The van der Waals surface area contributed by atoms with Gasteiger partial charge in [0.15, 0.2) is 5.76 Å². The molecule has 3 aromatic rings. The summed E-state index contributed by atoms with van der Waals surface area (Å²) < 4.78 is 6.54. The molecule has 1 aliphatic heterocycles. The average molecular weight is 356 g/mol. The summed E-state index contributed by atoms with van der Waals surface area (Å²) in [6, 6.07) is 10.4. The molecule has 2 heterocycles. The minimum atomic E-state index is -0.181. The van der Waals surface area contributed by atoms with Crippen molar-refractivity contribution in [2.24, 2.45) is 0 Å². The number of aromatic hydroxyl groups is 1. The Morgan fingerprint density at radius 1 is 1.18 bits per heavy atom. The highest BCUT2D eigenvalue weighted by molar-refractivity contribution is 9.10. The molecule has 0 saturated heterocycles. The number of Topliss-reactive ketones (excluding diaryl/α,β-unsaturated/α-hetero) is 1. The van der Waals surface area contributed by atoms with E-state index in [1.807, 2.05) is 24.4 Å². The number of ether oxygens (including phenoxy) is 1. The number of carbonyl (C=O) groups is 1. The number of aromatic amines is 1. The van der Waals surface area contributed by atoms with Crippen LogP contribution in [0.15, 0.2) is 52.8 Å². The Kier molecular flexibility index (Phi) is 2.84. The van der Waals surface area contributed by atoms with Gasteiger partial charge >= 0.3 is 0 Å². The Morgan fingerprint density at radius 3 is 2.91 bits per heavy atom. The molecule has 1 aromatic heterocycles. The molecule has 0 amide bonds. The van der Waals surface area contributed by atoms with Gasteiger partial charge < -0.3 is 14.8 Å². The van der Waals surface area contributed by atoms with Crippen LogP contribution in [-0.2, 0) is 0 Å². The minimum Gasteiger partial charge on any atom is -0.508 e. The summed E-state index contributed by atoms with van der Waals surface area (Å²) in [5.41, 5.74) is 2.32. The van der Waals surface area contributed by atoms with E-state index < -0.39 is 0 Å². The van der Waals surface area contributed by atoms with E-state index in [-0.39, 0.29) is 17.3 Å². The van der Waals surface area contributed by atoms with Crippen LogP contribution in [0.2, 0.25) is 0 Å². The zero-order valence-electron chi connectivity index (χ0n) is 11.3. The number of fused-ring (bicyclic) bond motifs is 2. The van der Waals surface area contributed by atoms with Gasteiger partial charge in [-0.15, -0.1) is 0 Å². The number of ketones is 1. The van der Waals surface area contributed by atoms with Crippen molar-refractivity contribution in [3.8, 4) is 11.5 Å². The molecule has 0 aliphatic carbocycles. The summed E-state index contributed by atoms with van der Waals surface area (Å²) in [5.74, 6) is 0.530. The summed E-state index contributed by atoms with van der Waals surface area (Å²) in [6.07, 6.45) is 3.55. The van der Waals surface area contributed by atoms with Crippen LogP contribution in [0.25, 0.3) is 17.0 Å². The highest BCUT2D eigenvalue weighted by Crippen LogP contribution is 2.35. The van der Waals surface area contributed by atoms with Crippen LogP contribution in [-0.4, -0.2) is 15.9 Å². The number of allylic oxidation sites excluding steroid dienone is 1. The van der Waals surface area contributed by atoms with Crippen LogP contribution >= 0.6 is 15.9 Å². The van der Waals surface area contributed by atoms with E-state index in [0.717, 1.165) is 20.9 Å². The first-order chi connectivity index (χ1) is 10.6. The summed E-state index contributed by atoms with van der Waals surface area (Å²) in [7, 11) is 0. The lowest BCUT2D eigenvalue weighted by Crippen LogP contribution is -1.97. The van der Waals surface area contributed by atoms with E-state index in [0.29, 0.717) is 11.3 Å². The van der Waals surface area contributed by atoms with Gasteiger partial charge in [-0.05, 0) is 36.4 Å². The second-order valence-electron chi connectivity index (χ2n) is 5.05. The molecule has 4 rings (SSSR count). The topological polar surface area (TPSA) is 62.3 Å². The maximum absolute atomic E-state index is 12.3. The summed E-state index contributed by atoms with van der Waals surface area (Å²) in [4.78, 5) is 15.5. The highest BCUT2D eigenvalue weighted by atomic mass is 79.9. The minimum absolute atomic E-state index is 0.0730. The SMILES string of the molecule is O=C1/C(=C/c2c[nH]c3ccc(Br)cc23)Oc2cc(O)ccc21. The first-order valence-electron chi connectivity index (χ1n) is 6.66. The van der Waals surface area contributed by atoms with Crippen molar-refractivity contribution in [1.82, 2.24) is 4.98 Å². The van der Waals surface area contributed by atoms with Gasteiger partial charge in [0.2, 0.25) is 5.78 Å². The van der Waals surface area contributed by atoms with Crippen LogP contribution < -0.4 is 4.74 Å². The quantitative estimate of drug-likeness (QED) is 0.641. The number of phenolic OH excluding ortho intramolecular Hbond substituents is 1.